The van der Waals surface area contributed by atoms with E-state index in [9.17, 15) is 14.7 Å². The van der Waals surface area contributed by atoms with E-state index in [0.29, 0.717) is 27.6 Å². The van der Waals surface area contributed by atoms with E-state index in [1.54, 1.807) is 42.5 Å². The van der Waals surface area contributed by atoms with Crippen molar-refractivity contribution in [1.29, 1.82) is 0 Å². The number of ketones is 1. The Morgan fingerprint density at radius 3 is 2.41 bits per heavy atom. The second-order valence-electron chi connectivity index (χ2n) is 7.44. The Bertz CT molecular complexity index is 1220. The van der Waals surface area contributed by atoms with Gasteiger partial charge >= 0.3 is 0 Å². The van der Waals surface area contributed by atoms with Gasteiger partial charge in [-0.05, 0) is 42.3 Å². The standard InChI is InChI=1S/C26H22ClNO4/c1-3-16-11-13-19(14-12-16)28-23(20-9-4-5-10-21(20)32-2)22(25(30)26(28)31)24(29)17-7-6-8-18(27)15-17/h4-15,23,29H,3H2,1-2H3/b24-22-. The molecule has 32 heavy (non-hydrogen) atoms. The van der Waals surface area contributed by atoms with Gasteiger partial charge in [-0.3, -0.25) is 14.5 Å². The lowest BCUT2D eigenvalue weighted by Crippen LogP contribution is -2.29. The summed E-state index contributed by atoms with van der Waals surface area (Å²) in [6.45, 7) is 2.04. The Hall–Kier alpha value is -3.57. The van der Waals surface area contributed by atoms with Gasteiger partial charge in [-0.1, -0.05) is 61.0 Å². The van der Waals surface area contributed by atoms with Crippen molar-refractivity contribution in [3.8, 4) is 5.75 Å². The van der Waals surface area contributed by atoms with E-state index in [-0.39, 0.29) is 11.3 Å². The lowest BCUT2D eigenvalue weighted by molar-refractivity contribution is -0.132. The second-order valence-corrected chi connectivity index (χ2v) is 7.88. The monoisotopic (exact) mass is 447 g/mol. The molecular weight excluding hydrogens is 426 g/mol. The summed E-state index contributed by atoms with van der Waals surface area (Å²) in [5, 5.41) is 11.6. The third-order valence-electron chi connectivity index (χ3n) is 5.60. The van der Waals surface area contributed by atoms with Crippen LogP contribution in [0.2, 0.25) is 5.02 Å². The van der Waals surface area contributed by atoms with E-state index >= 15 is 0 Å². The van der Waals surface area contributed by atoms with Crippen LogP contribution in [0, 0.1) is 0 Å². The Morgan fingerprint density at radius 2 is 1.75 bits per heavy atom. The maximum absolute atomic E-state index is 13.2. The highest BCUT2D eigenvalue weighted by atomic mass is 35.5. The Kier molecular flexibility index (Phi) is 6.01. The van der Waals surface area contributed by atoms with E-state index in [2.05, 4.69) is 0 Å². The first kappa shape index (κ1) is 21.7. The number of halogens is 1. The van der Waals surface area contributed by atoms with E-state index < -0.39 is 17.7 Å². The summed E-state index contributed by atoms with van der Waals surface area (Å²) in [6, 6.07) is 20.3. The zero-order valence-electron chi connectivity index (χ0n) is 17.7. The number of aryl methyl sites for hydroxylation is 1. The summed E-state index contributed by atoms with van der Waals surface area (Å²) in [4.78, 5) is 27.8. The normalized spacial score (nSPS) is 17.6. The summed E-state index contributed by atoms with van der Waals surface area (Å²) < 4.78 is 5.53. The van der Waals surface area contributed by atoms with Crippen molar-refractivity contribution in [3.05, 3.63) is 100 Å². The summed E-state index contributed by atoms with van der Waals surface area (Å²) in [5.74, 6) is -1.26. The fourth-order valence-electron chi connectivity index (χ4n) is 3.97. The lowest BCUT2D eigenvalue weighted by Gasteiger charge is -2.26. The fourth-order valence-corrected chi connectivity index (χ4v) is 4.16. The molecule has 1 saturated heterocycles. The topological polar surface area (TPSA) is 66.8 Å². The number of hydrogen-bond donors (Lipinski definition) is 1. The van der Waals surface area contributed by atoms with Gasteiger partial charge in [0.2, 0.25) is 0 Å². The summed E-state index contributed by atoms with van der Waals surface area (Å²) in [7, 11) is 1.53. The average Bonchev–Trinajstić information content (AvgIpc) is 3.08. The number of carbonyl (C=O) groups excluding carboxylic acids is 2. The molecule has 162 valence electrons. The zero-order valence-corrected chi connectivity index (χ0v) is 18.5. The highest BCUT2D eigenvalue weighted by Crippen LogP contribution is 2.44. The van der Waals surface area contributed by atoms with Crippen LogP contribution in [0.5, 0.6) is 5.75 Å². The number of hydrogen-bond acceptors (Lipinski definition) is 4. The molecule has 1 atom stereocenters. The van der Waals surface area contributed by atoms with Gasteiger partial charge in [-0.25, -0.2) is 0 Å². The molecule has 1 fully saturated rings. The molecule has 1 amide bonds. The van der Waals surface area contributed by atoms with E-state index in [1.165, 1.54) is 12.0 Å². The zero-order chi connectivity index (χ0) is 22.8. The van der Waals surface area contributed by atoms with Crippen LogP contribution < -0.4 is 9.64 Å². The number of rotatable bonds is 5. The number of nitrogens with zero attached hydrogens (tertiary/aromatic N) is 1. The van der Waals surface area contributed by atoms with Gasteiger partial charge in [0.05, 0.1) is 18.7 Å². The van der Waals surface area contributed by atoms with Crippen LogP contribution in [0.3, 0.4) is 0 Å². The number of aliphatic hydroxyl groups is 1. The first-order valence-electron chi connectivity index (χ1n) is 10.2. The molecule has 6 heteroatoms. The maximum atomic E-state index is 13.2. The average molecular weight is 448 g/mol. The van der Waals surface area contributed by atoms with Crippen molar-refractivity contribution in [3.63, 3.8) is 0 Å². The molecule has 3 aromatic carbocycles. The third kappa shape index (κ3) is 3.76. The van der Waals surface area contributed by atoms with Crippen molar-refractivity contribution in [2.75, 3.05) is 12.0 Å². The summed E-state index contributed by atoms with van der Waals surface area (Å²) >= 11 is 6.10. The fraction of sp³-hybridized carbons (Fsp3) is 0.154. The molecule has 0 radical (unpaired) electrons. The van der Waals surface area contributed by atoms with Crippen LogP contribution in [-0.2, 0) is 16.0 Å². The largest absolute Gasteiger partial charge is 0.507 e. The Balaban J connectivity index is 1.97. The van der Waals surface area contributed by atoms with Crippen molar-refractivity contribution >= 4 is 34.7 Å². The number of Topliss-reactive ketones (excluding diaryl/α,β-unsaturated/α-hetero) is 1. The van der Waals surface area contributed by atoms with Crippen LogP contribution in [-0.4, -0.2) is 23.9 Å². The number of benzene rings is 3. The number of ether oxygens (including phenoxy) is 1. The number of methoxy groups -OCH3 is 1. The van der Waals surface area contributed by atoms with Crippen LogP contribution in [0.15, 0.2) is 78.4 Å². The molecule has 1 heterocycles. The molecule has 0 saturated carbocycles. The van der Waals surface area contributed by atoms with Crippen LogP contribution in [0.25, 0.3) is 5.76 Å². The van der Waals surface area contributed by atoms with Crippen molar-refractivity contribution in [2.24, 2.45) is 0 Å². The van der Waals surface area contributed by atoms with E-state index in [0.717, 1.165) is 12.0 Å². The number of para-hydroxylation sites is 1. The number of anilines is 1. The Labute approximate surface area is 191 Å². The van der Waals surface area contributed by atoms with Crippen LogP contribution in [0.1, 0.15) is 29.7 Å². The van der Waals surface area contributed by atoms with Crippen molar-refractivity contribution < 1.29 is 19.4 Å². The number of carbonyl (C=O) groups is 2. The Morgan fingerprint density at radius 1 is 1.03 bits per heavy atom. The molecule has 1 aliphatic rings. The predicted molar refractivity (Wildman–Crippen MR) is 125 cm³/mol. The highest BCUT2D eigenvalue weighted by molar-refractivity contribution is 6.51. The quantitative estimate of drug-likeness (QED) is 0.317. The highest BCUT2D eigenvalue weighted by Gasteiger charge is 2.47. The van der Waals surface area contributed by atoms with E-state index in [1.807, 2.05) is 37.3 Å². The van der Waals surface area contributed by atoms with Crippen LogP contribution >= 0.6 is 11.6 Å². The van der Waals surface area contributed by atoms with Gasteiger partial charge in [-0.2, -0.15) is 0 Å². The van der Waals surface area contributed by atoms with Gasteiger partial charge < -0.3 is 9.84 Å². The third-order valence-corrected chi connectivity index (χ3v) is 5.83. The second kappa shape index (κ2) is 8.89. The smallest absolute Gasteiger partial charge is 0.300 e. The van der Waals surface area contributed by atoms with Gasteiger partial charge in [-0.15, -0.1) is 0 Å². The van der Waals surface area contributed by atoms with Crippen molar-refractivity contribution in [1.82, 2.24) is 0 Å². The predicted octanol–water partition coefficient (Wildman–Crippen LogP) is 5.54. The molecule has 1 aliphatic heterocycles. The van der Waals surface area contributed by atoms with Gasteiger partial charge in [0.25, 0.3) is 11.7 Å². The minimum Gasteiger partial charge on any atom is -0.507 e. The molecule has 0 bridgehead atoms. The first-order chi connectivity index (χ1) is 15.5. The number of aliphatic hydroxyl groups excluding tert-OH is 1. The molecule has 5 nitrogen and oxygen atoms in total. The lowest BCUT2D eigenvalue weighted by atomic mass is 9.94. The SMILES string of the molecule is CCc1ccc(N2C(=O)C(=O)/C(=C(\O)c3cccc(Cl)c3)C2c2ccccc2OC)cc1. The molecule has 3 aromatic rings. The molecule has 4 rings (SSSR count). The molecule has 1 unspecified atom stereocenters. The molecule has 0 aromatic heterocycles. The summed E-state index contributed by atoms with van der Waals surface area (Å²) in [6.07, 6.45) is 0.851. The maximum Gasteiger partial charge on any atom is 0.300 e. The van der Waals surface area contributed by atoms with Crippen LogP contribution in [0.4, 0.5) is 5.69 Å². The minimum absolute atomic E-state index is 0.0127. The molecular formula is C26H22ClNO4. The van der Waals surface area contributed by atoms with Gasteiger partial charge in [0.15, 0.2) is 0 Å². The van der Waals surface area contributed by atoms with Crippen molar-refractivity contribution in [2.45, 2.75) is 19.4 Å². The minimum atomic E-state index is -0.863. The van der Waals surface area contributed by atoms with Gasteiger partial charge in [0.1, 0.15) is 11.5 Å². The van der Waals surface area contributed by atoms with E-state index in [4.69, 9.17) is 16.3 Å². The molecule has 0 aliphatic carbocycles. The summed E-state index contributed by atoms with van der Waals surface area (Å²) in [5.41, 5.74) is 2.61. The first-order valence-corrected chi connectivity index (χ1v) is 10.6. The molecule has 1 N–H and O–H groups in total. The molecule has 0 spiro atoms. The number of amides is 1. The van der Waals surface area contributed by atoms with Gasteiger partial charge in [0, 0.05) is 21.8 Å².